The van der Waals surface area contributed by atoms with Gasteiger partial charge in [0, 0.05) is 24.3 Å². The number of rotatable bonds is 4. The van der Waals surface area contributed by atoms with Crippen LogP contribution >= 0.6 is 12.2 Å². The third-order valence-electron chi connectivity index (χ3n) is 3.40. The summed E-state index contributed by atoms with van der Waals surface area (Å²) in [5.74, 6) is -0.221. The molecule has 1 aliphatic rings. The van der Waals surface area contributed by atoms with Gasteiger partial charge >= 0.3 is 0 Å². The predicted octanol–water partition coefficient (Wildman–Crippen LogP) is 0.0796. The molecule has 1 aliphatic heterocycles. The molecule has 1 atom stereocenters. The normalized spacial score (nSPS) is 18.9. The van der Waals surface area contributed by atoms with Crippen LogP contribution in [0.25, 0.3) is 0 Å². The van der Waals surface area contributed by atoms with Crippen LogP contribution in [0.1, 0.15) is 12.5 Å². The summed E-state index contributed by atoms with van der Waals surface area (Å²) in [5, 5.41) is 5.56. The van der Waals surface area contributed by atoms with E-state index >= 15 is 0 Å². The molecule has 0 radical (unpaired) electrons. The number of nitrogens with two attached hydrogens (primary N) is 1. The van der Waals surface area contributed by atoms with Gasteiger partial charge in [-0.2, -0.15) is 0 Å². The minimum atomic E-state index is -0.299. The highest BCUT2D eigenvalue weighted by atomic mass is 32.1. The Bertz CT molecular complexity index is 576. The van der Waals surface area contributed by atoms with Gasteiger partial charge < -0.3 is 16.4 Å². The monoisotopic (exact) mass is 306 g/mol. The molecular formula is C14H18N4O2S. The van der Waals surface area contributed by atoms with Gasteiger partial charge in [-0.15, -0.1) is 0 Å². The average Bonchev–Trinajstić information content (AvgIpc) is 2.44. The molecule has 2 rings (SSSR count). The molecular weight excluding hydrogens is 288 g/mol. The maximum Gasteiger partial charge on any atom is 0.238 e. The van der Waals surface area contributed by atoms with Crippen molar-refractivity contribution in [1.29, 1.82) is 0 Å². The Balaban J connectivity index is 1.97. The molecule has 112 valence electrons. The molecule has 1 heterocycles. The fourth-order valence-electron chi connectivity index (χ4n) is 2.18. The van der Waals surface area contributed by atoms with Crippen molar-refractivity contribution in [2.24, 2.45) is 5.73 Å². The van der Waals surface area contributed by atoms with E-state index in [9.17, 15) is 9.59 Å². The summed E-state index contributed by atoms with van der Waals surface area (Å²) in [5.41, 5.74) is 6.90. The van der Waals surface area contributed by atoms with Gasteiger partial charge in [0.25, 0.3) is 0 Å². The van der Waals surface area contributed by atoms with Gasteiger partial charge in [0.2, 0.25) is 11.8 Å². The number of nitrogens with zero attached hydrogens (tertiary/aromatic N) is 1. The van der Waals surface area contributed by atoms with Crippen molar-refractivity contribution >= 4 is 34.7 Å². The van der Waals surface area contributed by atoms with Crippen LogP contribution in [0.15, 0.2) is 24.3 Å². The highest BCUT2D eigenvalue weighted by Crippen LogP contribution is 2.11. The molecule has 0 saturated carbocycles. The lowest BCUT2D eigenvalue weighted by molar-refractivity contribution is -0.129. The highest BCUT2D eigenvalue weighted by molar-refractivity contribution is 7.80. The van der Waals surface area contributed by atoms with Crippen molar-refractivity contribution in [3.8, 4) is 0 Å². The third kappa shape index (κ3) is 3.99. The maximum absolute atomic E-state index is 12.1. The van der Waals surface area contributed by atoms with E-state index in [0.717, 1.165) is 0 Å². The van der Waals surface area contributed by atoms with E-state index in [1.807, 2.05) is 4.90 Å². The Morgan fingerprint density at radius 1 is 1.57 bits per heavy atom. The zero-order valence-corrected chi connectivity index (χ0v) is 12.6. The van der Waals surface area contributed by atoms with Crippen molar-refractivity contribution in [3.05, 3.63) is 29.8 Å². The van der Waals surface area contributed by atoms with E-state index in [-0.39, 0.29) is 29.4 Å². The summed E-state index contributed by atoms with van der Waals surface area (Å²) in [4.78, 5) is 25.7. The summed E-state index contributed by atoms with van der Waals surface area (Å²) in [6, 6.07) is 6.77. The maximum atomic E-state index is 12.1. The number of anilines is 1. The molecule has 0 spiro atoms. The number of carbonyl (C=O) groups excluding carboxylic acids is 2. The average molecular weight is 306 g/mol. The fourth-order valence-corrected chi connectivity index (χ4v) is 2.31. The number of hydrogen-bond donors (Lipinski definition) is 3. The quantitative estimate of drug-likeness (QED) is 0.686. The first-order valence-corrected chi connectivity index (χ1v) is 7.09. The van der Waals surface area contributed by atoms with Crippen LogP contribution in [-0.2, 0) is 9.59 Å². The number of thiocarbonyl (C=S) groups is 1. The smallest absolute Gasteiger partial charge is 0.238 e. The van der Waals surface area contributed by atoms with Crippen LogP contribution in [0.4, 0.5) is 5.69 Å². The summed E-state index contributed by atoms with van der Waals surface area (Å²) in [7, 11) is 0. The molecule has 6 nitrogen and oxygen atoms in total. The molecule has 1 unspecified atom stereocenters. The summed E-state index contributed by atoms with van der Waals surface area (Å²) in [6.45, 7) is 3.18. The molecule has 0 bridgehead atoms. The van der Waals surface area contributed by atoms with E-state index in [4.69, 9.17) is 18.0 Å². The summed E-state index contributed by atoms with van der Waals surface area (Å²) < 4.78 is 0. The van der Waals surface area contributed by atoms with Gasteiger partial charge in [0.1, 0.15) is 4.99 Å². The van der Waals surface area contributed by atoms with Crippen LogP contribution in [0, 0.1) is 0 Å². The van der Waals surface area contributed by atoms with Crippen LogP contribution in [0.3, 0.4) is 0 Å². The highest BCUT2D eigenvalue weighted by Gasteiger charge is 2.26. The van der Waals surface area contributed by atoms with E-state index in [1.54, 1.807) is 31.2 Å². The van der Waals surface area contributed by atoms with Crippen molar-refractivity contribution in [2.75, 3.05) is 25.0 Å². The van der Waals surface area contributed by atoms with Crippen molar-refractivity contribution in [1.82, 2.24) is 10.2 Å². The second-order valence-corrected chi connectivity index (χ2v) is 5.37. The zero-order valence-electron chi connectivity index (χ0n) is 11.8. The van der Waals surface area contributed by atoms with Crippen molar-refractivity contribution < 1.29 is 9.59 Å². The first kappa shape index (κ1) is 15.4. The van der Waals surface area contributed by atoms with Crippen molar-refractivity contribution in [3.63, 3.8) is 0 Å². The Hall–Kier alpha value is -1.99. The molecule has 1 saturated heterocycles. The number of amides is 2. The Morgan fingerprint density at radius 3 is 3.05 bits per heavy atom. The lowest BCUT2D eigenvalue weighted by atomic mass is 10.2. The number of nitrogens with one attached hydrogen (secondary N) is 2. The summed E-state index contributed by atoms with van der Waals surface area (Å²) >= 11 is 4.91. The Kier molecular flexibility index (Phi) is 4.87. The number of carbonyl (C=O) groups is 2. The van der Waals surface area contributed by atoms with Gasteiger partial charge in [-0.05, 0) is 19.1 Å². The zero-order chi connectivity index (χ0) is 15.4. The second kappa shape index (κ2) is 6.64. The van der Waals surface area contributed by atoms with E-state index in [1.165, 1.54) is 0 Å². The first-order valence-electron chi connectivity index (χ1n) is 6.69. The molecule has 1 aromatic rings. The van der Waals surface area contributed by atoms with Gasteiger partial charge in [0.05, 0.1) is 12.6 Å². The SMILES string of the molecule is CC1C(=O)NCCN1CC(=O)Nc1cccc(C(N)=S)c1. The van der Waals surface area contributed by atoms with Crippen LogP contribution in [0.5, 0.6) is 0 Å². The minimum absolute atomic E-state index is 0.0514. The molecule has 0 aliphatic carbocycles. The molecule has 1 aromatic carbocycles. The number of benzene rings is 1. The van der Waals surface area contributed by atoms with Gasteiger partial charge in [-0.25, -0.2) is 0 Å². The summed E-state index contributed by atoms with van der Waals surface area (Å²) in [6.07, 6.45) is 0. The predicted molar refractivity (Wildman–Crippen MR) is 85.0 cm³/mol. The molecule has 2 amide bonds. The molecule has 7 heteroatoms. The number of piperazine rings is 1. The van der Waals surface area contributed by atoms with E-state index < -0.39 is 0 Å². The van der Waals surface area contributed by atoms with Gasteiger partial charge in [0.15, 0.2) is 0 Å². The minimum Gasteiger partial charge on any atom is -0.389 e. The van der Waals surface area contributed by atoms with E-state index in [0.29, 0.717) is 24.3 Å². The van der Waals surface area contributed by atoms with Gasteiger partial charge in [-0.1, -0.05) is 24.4 Å². The molecule has 21 heavy (non-hydrogen) atoms. The van der Waals surface area contributed by atoms with Crippen LogP contribution in [0.2, 0.25) is 0 Å². The molecule has 4 N–H and O–H groups in total. The lowest BCUT2D eigenvalue weighted by Gasteiger charge is -2.31. The van der Waals surface area contributed by atoms with Crippen LogP contribution in [-0.4, -0.2) is 47.4 Å². The second-order valence-electron chi connectivity index (χ2n) is 4.93. The van der Waals surface area contributed by atoms with Gasteiger partial charge in [-0.3, -0.25) is 14.5 Å². The largest absolute Gasteiger partial charge is 0.389 e. The first-order chi connectivity index (χ1) is 9.97. The molecule has 0 aromatic heterocycles. The Morgan fingerprint density at radius 2 is 2.33 bits per heavy atom. The lowest BCUT2D eigenvalue weighted by Crippen LogP contribution is -2.55. The topological polar surface area (TPSA) is 87.5 Å². The van der Waals surface area contributed by atoms with E-state index in [2.05, 4.69) is 10.6 Å². The Labute approximate surface area is 128 Å². The van der Waals surface area contributed by atoms with Crippen LogP contribution < -0.4 is 16.4 Å². The molecule has 1 fully saturated rings. The number of hydrogen-bond acceptors (Lipinski definition) is 4. The van der Waals surface area contributed by atoms with Crippen molar-refractivity contribution in [2.45, 2.75) is 13.0 Å². The third-order valence-corrected chi connectivity index (χ3v) is 3.64. The fraction of sp³-hybridized carbons (Fsp3) is 0.357. The standard InChI is InChI=1S/C14H18N4O2S/c1-9-14(20)16-5-6-18(9)8-12(19)17-11-4-2-3-10(7-11)13(15)21/h2-4,7,9H,5-6,8H2,1H3,(H2,15,21)(H,16,20)(H,17,19).